The molecule has 6 nitrogen and oxygen atoms in total. The van der Waals surface area contributed by atoms with Crippen molar-refractivity contribution in [3.8, 4) is 0 Å². The predicted molar refractivity (Wildman–Crippen MR) is 64.2 cm³/mol. The largest absolute Gasteiger partial charge is 0.337 e. The number of aromatic nitrogens is 2. The summed E-state index contributed by atoms with van der Waals surface area (Å²) in [6, 6.07) is -1.90. The number of carbonyl (C=O) groups is 1. The van der Waals surface area contributed by atoms with Gasteiger partial charge in [-0.15, -0.1) is 0 Å². The molecule has 1 rings (SSSR count). The second-order valence-electron chi connectivity index (χ2n) is 2.66. The summed E-state index contributed by atoms with van der Waals surface area (Å²) in [7, 11) is 0. The zero-order chi connectivity index (χ0) is 25.0. The lowest BCUT2D eigenvalue weighted by Crippen LogP contribution is -2.40. The van der Waals surface area contributed by atoms with Crippen LogP contribution in [0.1, 0.15) is 50.2 Å². The van der Waals surface area contributed by atoms with Gasteiger partial charge in [-0.25, -0.2) is 14.2 Å². The fourth-order valence-corrected chi connectivity index (χ4v) is 0.837. The van der Waals surface area contributed by atoms with Crippen LogP contribution < -0.4 is 16.6 Å². The number of nitrogens with one attached hydrogen (secondary N) is 2. The zero-order valence-corrected chi connectivity index (χ0v) is 8.63. The number of aromatic amines is 1. The lowest BCUT2D eigenvalue weighted by atomic mass is 10.2. The minimum absolute atomic E-state index is 0.0311. The van der Waals surface area contributed by atoms with Crippen molar-refractivity contribution in [3.05, 3.63) is 32.9 Å². The highest BCUT2D eigenvalue weighted by molar-refractivity contribution is 5.76. The summed E-state index contributed by atoms with van der Waals surface area (Å²) < 4.78 is 111. The molecule has 2 N–H and O–H groups in total. The summed E-state index contributed by atoms with van der Waals surface area (Å²) in [5.41, 5.74) is -3.10. The summed E-state index contributed by atoms with van der Waals surface area (Å²) >= 11 is 0. The first-order valence-corrected chi connectivity index (χ1v) is 4.30. The van der Waals surface area contributed by atoms with Crippen molar-refractivity contribution < 1.29 is 27.0 Å². The summed E-state index contributed by atoms with van der Waals surface area (Å²) in [6.45, 7) is -7.71. The number of hydrogen-bond donors (Lipinski definition) is 2. The normalized spacial score (nSPS) is 25.7. The fraction of sp³-hybridized carbons (Fsp3) is 0.545. The molecule has 0 saturated carbocycles. The molecule has 0 aliphatic heterocycles. The molecule has 1 aromatic rings. The standard InChI is InChI=1S/C11H16FN3O3/c1-2-3-4-5-6-13-10(17)15-7-8(12)9(16)14-11(15)18/h7H,2-6H2,1H3,(H,13,17)(H,14,16,18)/i1D3,2D2,3D2,4D2,5D2,6D2. The van der Waals surface area contributed by atoms with Crippen molar-refractivity contribution in [1.29, 1.82) is 0 Å². The highest BCUT2D eigenvalue weighted by Crippen LogP contribution is 1.97. The van der Waals surface area contributed by atoms with E-state index in [2.05, 4.69) is 0 Å². The van der Waals surface area contributed by atoms with Crippen molar-refractivity contribution in [2.45, 2.75) is 32.3 Å². The molecule has 1 heterocycles. The molecule has 0 fully saturated rings. The highest BCUT2D eigenvalue weighted by atomic mass is 19.1. The van der Waals surface area contributed by atoms with Crippen LogP contribution in [0.3, 0.4) is 0 Å². The van der Waals surface area contributed by atoms with Crippen LogP contribution in [0.4, 0.5) is 9.18 Å². The van der Waals surface area contributed by atoms with Gasteiger partial charge < -0.3 is 5.32 Å². The number of amides is 1. The lowest BCUT2D eigenvalue weighted by Gasteiger charge is -2.06. The van der Waals surface area contributed by atoms with Crippen molar-refractivity contribution in [2.75, 3.05) is 6.50 Å². The van der Waals surface area contributed by atoms with Crippen molar-refractivity contribution in [2.24, 2.45) is 0 Å². The van der Waals surface area contributed by atoms with E-state index in [1.54, 1.807) is 0 Å². The van der Waals surface area contributed by atoms with Gasteiger partial charge in [0, 0.05) is 24.3 Å². The third-order valence-electron chi connectivity index (χ3n) is 1.54. The topological polar surface area (TPSA) is 84.0 Å². The smallest absolute Gasteiger partial charge is 0.336 e. The molecule has 100 valence electrons. The van der Waals surface area contributed by atoms with E-state index in [0.717, 1.165) is 0 Å². The maximum atomic E-state index is 13.3. The van der Waals surface area contributed by atoms with E-state index in [1.165, 1.54) is 10.3 Å². The Morgan fingerprint density at radius 3 is 3.06 bits per heavy atom. The van der Waals surface area contributed by atoms with Crippen LogP contribution in [0.15, 0.2) is 15.8 Å². The molecule has 7 heteroatoms. The molecule has 1 aromatic heterocycles. The molecule has 0 radical (unpaired) electrons. The molecule has 0 aliphatic carbocycles. The lowest BCUT2D eigenvalue weighted by molar-refractivity contribution is 0.240. The molecule has 0 atom stereocenters. The molecule has 0 saturated heterocycles. The van der Waals surface area contributed by atoms with Gasteiger partial charge in [-0.1, -0.05) is 26.0 Å². The Kier molecular flexibility index (Phi) is 1.62. The number of hydrogen-bond acceptors (Lipinski definition) is 3. The number of rotatable bonds is 5. The molecule has 0 unspecified atom stereocenters. The predicted octanol–water partition coefficient (Wildman–Crippen LogP) is 0.814. The van der Waals surface area contributed by atoms with Gasteiger partial charge in [-0.3, -0.25) is 9.78 Å². The Labute approximate surface area is 121 Å². The van der Waals surface area contributed by atoms with Gasteiger partial charge in [-0.05, 0) is 6.37 Å². The second-order valence-corrected chi connectivity index (χ2v) is 2.66. The number of H-pyrrole nitrogens is 1. The van der Waals surface area contributed by atoms with Crippen molar-refractivity contribution in [1.82, 2.24) is 14.9 Å². The molecule has 0 bridgehead atoms. The molecule has 1 amide bonds. The fourth-order valence-electron chi connectivity index (χ4n) is 0.837. The van der Waals surface area contributed by atoms with Crippen LogP contribution in [0.5, 0.6) is 0 Å². The Bertz CT molecular complexity index is 981. The summed E-state index contributed by atoms with van der Waals surface area (Å²) in [4.78, 5) is 36.0. The van der Waals surface area contributed by atoms with Gasteiger partial charge in [0.1, 0.15) is 0 Å². The number of carbonyl (C=O) groups excluding carboxylic acids is 1. The van der Waals surface area contributed by atoms with Crippen molar-refractivity contribution >= 4 is 6.03 Å². The van der Waals surface area contributed by atoms with Crippen LogP contribution in [0.2, 0.25) is 0 Å². The summed E-state index contributed by atoms with van der Waals surface area (Å²) in [5, 5.41) is 1.19. The Hall–Kier alpha value is -1.92. The first-order chi connectivity index (χ1) is 13.5. The van der Waals surface area contributed by atoms with Crippen LogP contribution in [-0.2, 0) is 0 Å². The van der Waals surface area contributed by atoms with Crippen LogP contribution in [-0.4, -0.2) is 22.1 Å². The Morgan fingerprint density at radius 1 is 1.56 bits per heavy atom. The van der Waals surface area contributed by atoms with E-state index in [-0.39, 0.29) is 10.8 Å². The SMILES string of the molecule is [2H]C([2H])([2H])C([2H])([2H])C([2H])([2H])C([2H])([2H])C([2H])([2H])C([2H])([2H])NC(=O)n1cc(F)c(=O)[nH]c1=O. The van der Waals surface area contributed by atoms with Crippen LogP contribution >= 0.6 is 0 Å². The van der Waals surface area contributed by atoms with Gasteiger partial charge >= 0.3 is 11.7 Å². The molecular formula is C11H16FN3O3. The summed E-state index contributed by atoms with van der Waals surface area (Å²) in [6.07, 6.45) is -16.6. The molecule has 0 spiro atoms. The van der Waals surface area contributed by atoms with Gasteiger partial charge in [0.15, 0.2) is 0 Å². The zero-order valence-electron chi connectivity index (χ0n) is 21.6. The third-order valence-corrected chi connectivity index (χ3v) is 1.54. The van der Waals surface area contributed by atoms with E-state index in [1.807, 2.05) is 0 Å². The quantitative estimate of drug-likeness (QED) is 0.830. The number of halogens is 1. The van der Waals surface area contributed by atoms with Gasteiger partial charge in [0.2, 0.25) is 5.82 Å². The van der Waals surface area contributed by atoms with Gasteiger partial charge in [-0.2, -0.15) is 4.39 Å². The van der Waals surface area contributed by atoms with E-state index in [4.69, 9.17) is 17.8 Å². The monoisotopic (exact) mass is 270 g/mol. The molecule has 18 heavy (non-hydrogen) atoms. The second kappa shape index (κ2) is 6.73. The minimum atomic E-state index is -4.24. The number of nitrogens with zero attached hydrogens (tertiary/aromatic N) is 1. The van der Waals surface area contributed by atoms with Crippen molar-refractivity contribution in [3.63, 3.8) is 0 Å². The van der Waals surface area contributed by atoms with Crippen LogP contribution in [0, 0.1) is 5.82 Å². The average Bonchev–Trinajstić information content (AvgIpc) is 2.55. The van der Waals surface area contributed by atoms with E-state index in [0.29, 0.717) is 0 Å². The van der Waals surface area contributed by atoms with E-state index >= 15 is 0 Å². The Balaban J connectivity index is 3.47. The first-order valence-electron chi connectivity index (χ1n) is 10.8. The maximum Gasteiger partial charge on any atom is 0.336 e. The van der Waals surface area contributed by atoms with E-state index < -0.39 is 61.9 Å². The first kappa shape index (κ1) is 4.32. The molecular weight excluding hydrogens is 241 g/mol. The van der Waals surface area contributed by atoms with Gasteiger partial charge in [0.25, 0.3) is 5.56 Å². The maximum absolute atomic E-state index is 13.3. The highest BCUT2D eigenvalue weighted by Gasteiger charge is 2.09. The van der Waals surface area contributed by atoms with Gasteiger partial charge in [0.05, 0.1) is 6.20 Å². The van der Waals surface area contributed by atoms with Crippen LogP contribution in [0.25, 0.3) is 0 Å². The third kappa shape index (κ3) is 3.83. The average molecular weight is 270 g/mol. The van der Waals surface area contributed by atoms with E-state index in [9.17, 15) is 18.8 Å². The minimum Gasteiger partial charge on any atom is -0.337 e. The molecule has 0 aromatic carbocycles. The summed E-state index contributed by atoms with van der Waals surface area (Å²) in [5.74, 6) is -1.66. The molecule has 0 aliphatic rings. The Morgan fingerprint density at radius 2 is 2.33 bits per heavy atom.